The van der Waals surface area contributed by atoms with Gasteiger partial charge in [-0.3, -0.25) is 9.36 Å². The summed E-state index contributed by atoms with van der Waals surface area (Å²) in [6.07, 6.45) is 1.82. The molecule has 0 spiro atoms. The maximum Gasteiger partial charge on any atom is 0.338 e. The average molecular weight is 623 g/mol. The van der Waals surface area contributed by atoms with Gasteiger partial charge in [-0.05, 0) is 67.4 Å². The Bertz CT molecular complexity index is 1840. The summed E-state index contributed by atoms with van der Waals surface area (Å²) in [6.45, 7) is 4.05. The van der Waals surface area contributed by atoms with Gasteiger partial charge in [-0.1, -0.05) is 64.9 Å². The van der Waals surface area contributed by atoms with Crippen LogP contribution in [0.4, 0.5) is 5.69 Å². The van der Waals surface area contributed by atoms with E-state index < -0.39 is 12.0 Å². The Kier molecular flexibility index (Phi) is 8.87. The zero-order valence-electron chi connectivity index (χ0n) is 23.6. The molecule has 0 fully saturated rings. The molecule has 2 heterocycles. The molecule has 216 valence electrons. The summed E-state index contributed by atoms with van der Waals surface area (Å²) in [7, 11) is 3.92. The number of nitrogens with zero attached hydrogens (tertiary/aromatic N) is 3. The second-order valence-electron chi connectivity index (χ2n) is 9.88. The summed E-state index contributed by atoms with van der Waals surface area (Å²) in [5.74, 6) is 0.181. The maximum absolute atomic E-state index is 13.8. The normalized spacial score (nSPS) is 14.8. The van der Waals surface area contributed by atoms with Crippen LogP contribution in [-0.4, -0.2) is 31.2 Å². The van der Waals surface area contributed by atoms with E-state index in [2.05, 4.69) is 4.99 Å². The molecule has 4 aromatic rings. The van der Waals surface area contributed by atoms with E-state index in [9.17, 15) is 9.59 Å². The lowest BCUT2D eigenvalue weighted by Gasteiger charge is -2.25. The first kappa shape index (κ1) is 29.6. The van der Waals surface area contributed by atoms with Gasteiger partial charge in [0, 0.05) is 35.4 Å². The number of carbonyl (C=O) groups is 1. The number of hydrogen-bond acceptors (Lipinski definition) is 7. The molecule has 5 rings (SSSR count). The van der Waals surface area contributed by atoms with Crippen LogP contribution in [0.15, 0.2) is 87.8 Å². The smallest absolute Gasteiger partial charge is 0.338 e. The van der Waals surface area contributed by atoms with Crippen LogP contribution in [0.2, 0.25) is 10.0 Å². The van der Waals surface area contributed by atoms with Gasteiger partial charge in [0.2, 0.25) is 0 Å². The van der Waals surface area contributed by atoms with Gasteiger partial charge in [-0.15, -0.1) is 0 Å². The number of thiazole rings is 1. The molecule has 1 aliphatic rings. The Hall–Kier alpha value is -3.85. The number of rotatable bonds is 8. The van der Waals surface area contributed by atoms with E-state index in [0.717, 1.165) is 22.4 Å². The minimum atomic E-state index is -0.658. The summed E-state index contributed by atoms with van der Waals surface area (Å²) >= 11 is 13.5. The van der Waals surface area contributed by atoms with Gasteiger partial charge < -0.3 is 14.4 Å². The number of anilines is 1. The van der Waals surface area contributed by atoms with E-state index in [4.69, 9.17) is 32.7 Å². The van der Waals surface area contributed by atoms with Crippen molar-refractivity contribution in [2.75, 3.05) is 25.6 Å². The lowest BCUT2D eigenvalue weighted by molar-refractivity contribution is -0.139. The zero-order valence-corrected chi connectivity index (χ0v) is 25.9. The molecule has 0 saturated carbocycles. The minimum Gasteiger partial charge on any atom is -0.489 e. The summed E-state index contributed by atoms with van der Waals surface area (Å²) in [4.78, 5) is 34.1. The van der Waals surface area contributed by atoms with Crippen molar-refractivity contribution >= 4 is 52.3 Å². The molecule has 0 amide bonds. The Morgan fingerprint density at radius 1 is 1.07 bits per heavy atom. The number of halogens is 2. The molecular weight excluding hydrogens is 593 g/mol. The fourth-order valence-electron chi connectivity index (χ4n) is 4.67. The second-order valence-corrected chi connectivity index (χ2v) is 11.7. The van der Waals surface area contributed by atoms with Gasteiger partial charge in [0.05, 0.1) is 28.5 Å². The molecule has 0 saturated heterocycles. The van der Waals surface area contributed by atoms with Crippen molar-refractivity contribution in [2.24, 2.45) is 4.99 Å². The predicted octanol–water partition coefficient (Wildman–Crippen LogP) is 5.75. The fourth-order valence-corrected chi connectivity index (χ4v) is 6.18. The van der Waals surface area contributed by atoms with Crippen molar-refractivity contribution < 1.29 is 14.3 Å². The Labute approximate surface area is 257 Å². The number of carbonyl (C=O) groups excluding carboxylic acids is 1. The van der Waals surface area contributed by atoms with Gasteiger partial charge in [-0.2, -0.15) is 0 Å². The third-order valence-corrected chi connectivity index (χ3v) is 8.40. The number of aromatic nitrogens is 1. The minimum absolute atomic E-state index is 0.221. The SMILES string of the molecule is CCOC(=O)C1=C(C)N=c2s/c(=C\c3ccc(OCc4ccc(Cl)cc4Cl)cc3)c(=O)n2C1c1ccc(N(C)C)cc1. The first-order chi connectivity index (χ1) is 20.2. The van der Waals surface area contributed by atoms with E-state index in [-0.39, 0.29) is 12.2 Å². The van der Waals surface area contributed by atoms with Gasteiger partial charge in [-0.25, -0.2) is 9.79 Å². The maximum atomic E-state index is 13.8. The van der Waals surface area contributed by atoms with Gasteiger partial charge in [0.1, 0.15) is 12.4 Å². The number of ether oxygens (including phenoxy) is 2. The molecule has 0 N–H and O–H groups in total. The van der Waals surface area contributed by atoms with Crippen molar-refractivity contribution in [3.63, 3.8) is 0 Å². The highest BCUT2D eigenvalue weighted by atomic mass is 35.5. The first-order valence-corrected chi connectivity index (χ1v) is 14.9. The largest absolute Gasteiger partial charge is 0.489 e. The number of allylic oxidation sites excluding steroid dienone is 1. The summed E-state index contributed by atoms with van der Waals surface area (Å²) in [5.41, 5.74) is 4.12. The summed E-state index contributed by atoms with van der Waals surface area (Å²) in [5, 5.41) is 1.11. The first-order valence-electron chi connectivity index (χ1n) is 13.3. The standard InChI is InChI=1S/C32H29Cl2N3O4S/c1-5-40-31(39)28-19(2)35-32-37(29(28)21-9-12-24(13-10-21)36(3)4)30(38)27(42-32)16-20-6-14-25(15-7-20)41-18-22-8-11-23(33)17-26(22)34/h6-17,29H,5,18H2,1-4H3/b27-16-. The van der Waals surface area contributed by atoms with Crippen LogP contribution in [-0.2, 0) is 16.1 Å². The van der Waals surface area contributed by atoms with Crippen LogP contribution >= 0.6 is 34.5 Å². The van der Waals surface area contributed by atoms with Crippen molar-refractivity contribution in [3.8, 4) is 5.75 Å². The van der Waals surface area contributed by atoms with Crippen molar-refractivity contribution in [3.05, 3.63) is 124 Å². The third-order valence-electron chi connectivity index (χ3n) is 6.83. The lowest BCUT2D eigenvalue weighted by atomic mass is 9.95. The van der Waals surface area contributed by atoms with Gasteiger partial charge in [0.25, 0.3) is 5.56 Å². The molecule has 3 aromatic carbocycles. The molecule has 1 atom stereocenters. The van der Waals surface area contributed by atoms with Crippen molar-refractivity contribution in [1.82, 2.24) is 4.57 Å². The van der Waals surface area contributed by atoms with Gasteiger partial charge >= 0.3 is 5.97 Å². The highest BCUT2D eigenvalue weighted by molar-refractivity contribution is 7.07. The van der Waals surface area contributed by atoms with Gasteiger partial charge in [0.15, 0.2) is 4.80 Å². The zero-order chi connectivity index (χ0) is 30.0. The fraction of sp³-hybridized carbons (Fsp3) is 0.219. The number of fused-ring (bicyclic) bond motifs is 1. The van der Waals surface area contributed by atoms with Crippen LogP contribution in [0.1, 0.15) is 36.6 Å². The van der Waals surface area contributed by atoms with E-state index in [1.54, 1.807) is 30.5 Å². The Balaban J connectivity index is 1.49. The highest BCUT2D eigenvalue weighted by Crippen LogP contribution is 2.31. The van der Waals surface area contributed by atoms with Crippen LogP contribution in [0.3, 0.4) is 0 Å². The van der Waals surface area contributed by atoms with Crippen LogP contribution in [0, 0.1) is 0 Å². The van der Waals surface area contributed by atoms with Crippen molar-refractivity contribution in [2.45, 2.75) is 26.5 Å². The van der Waals surface area contributed by atoms with E-state index in [0.29, 0.717) is 43.0 Å². The molecule has 10 heteroatoms. The predicted molar refractivity (Wildman–Crippen MR) is 168 cm³/mol. The topological polar surface area (TPSA) is 73.1 Å². The molecule has 42 heavy (non-hydrogen) atoms. The van der Waals surface area contributed by atoms with Crippen molar-refractivity contribution in [1.29, 1.82) is 0 Å². The molecule has 1 unspecified atom stereocenters. The average Bonchev–Trinajstić information content (AvgIpc) is 3.26. The molecule has 7 nitrogen and oxygen atoms in total. The third kappa shape index (κ3) is 6.16. The van der Waals surface area contributed by atoms with E-state index in [1.165, 1.54) is 11.3 Å². The van der Waals surface area contributed by atoms with Crippen LogP contribution in [0.25, 0.3) is 6.08 Å². The lowest BCUT2D eigenvalue weighted by Crippen LogP contribution is -2.39. The highest BCUT2D eigenvalue weighted by Gasteiger charge is 2.33. The van der Waals surface area contributed by atoms with Crippen LogP contribution in [0.5, 0.6) is 5.75 Å². The molecule has 0 radical (unpaired) electrons. The van der Waals surface area contributed by atoms with E-state index in [1.807, 2.05) is 79.7 Å². The monoisotopic (exact) mass is 621 g/mol. The Morgan fingerprint density at radius 2 is 1.79 bits per heavy atom. The number of esters is 1. The van der Waals surface area contributed by atoms with Crippen LogP contribution < -0.4 is 24.5 Å². The molecule has 0 bridgehead atoms. The second kappa shape index (κ2) is 12.6. The molecule has 1 aliphatic heterocycles. The molecule has 1 aromatic heterocycles. The Morgan fingerprint density at radius 3 is 2.43 bits per heavy atom. The quantitative estimate of drug-likeness (QED) is 0.234. The van der Waals surface area contributed by atoms with E-state index >= 15 is 0 Å². The molecule has 0 aliphatic carbocycles. The summed E-state index contributed by atoms with van der Waals surface area (Å²) in [6, 6.07) is 19.9. The number of hydrogen-bond donors (Lipinski definition) is 0. The number of benzene rings is 3. The molecular formula is C32H29Cl2N3O4S. The summed E-state index contributed by atoms with van der Waals surface area (Å²) < 4.78 is 13.4.